The number of anilines is 1. The third-order valence-corrected chi connectivity index (χ3v) is 3.34. The molecule has 0 heterocycles. The fraction of sp³-hybridized carbons (Fsp3) is 0.278. The van der Waals surface area contributed by atoms with Crippen LogP contribution in [0.25, 0.3) is 0 Å². The predicted octanol–water partition coefficient (Wildman–Crippen LogP) is 3.82. The van der Waals surface area contributed by atoms with Crippen molar-refractivity contribution in [2.75, 3.05) is 18.5 Å². The first kappa shape index (κ1) is 19.0. The van der Waals surface area contributed by atoms with E-state index in [1.165, 1.54) is 5.56 Å². The van der Waals surface area contributed by atoms with Crippen molar-refractivity contribution in [1.82, 2.24) is 0 Å². The molecule has 5 heteroatoms. The molecule has 0 bridgehead atoms. The van der Waals surface area contributed by atoms with Gasteiger partial charge in [-0.15, -0.1) is 12.4 Å². The van der Waals surface area contributed by atoms with Crippen LogP contribution in [0.15, 0.2) is 48.5 Å². The Kier molecular flexibility index (Phi) is 7.59. The van der Waals surface area contributed by atoms with Crippen LogP contribution in [0.4, 0.5) is 5.69 Å². The van der Waals surface area contributed by atoms with Gasteiger partial charge < -0.3 is 15.8 Å². The lowest BCUT2D eigenvalue weighted by Gasteiger charge is -2.09. The number of nitrogens with two attached hydrogens (primary N) is 1. The smallest absolute Gasteiger partial charge is 0.255 e. The monoisotopic (exact) mass is 334 g/mol. The van der Waals surface area contributed by atoms with Crippen LogP contribution in [0.5, 0.6) is 5.75 Å². The molecule has 0 saturated heterocycles. The van der Waals surface area contributed by atoms with E-state index < -0.39 is 0 Å². The molecule has 0 spiro atoms. The molecular weight excluding hydrogens is 312 g/mol. The highest BCUT2D eigenvalue weighted by Crippen LogP contribution is 2.18. The van der Waals surface area contributed by atoms with E-state index in [4.69, 9.17) is 10.5 Å². The summed E-state index contributed by atoms with van der Waals surface area (Å²) in [5.74, 6) is 1.08. The lowest BCUT2D eigenvalue weighted by atomic mass is 10.0. The number of hydrogen-bond donors (Lipinski definition) is 2. The zero-order valence-corrected chi connectivity index (χ0v) is 14.2. The number of halogens is 1. The maximum absolute atomic E-state index is 12.2. The van der Waals surface area contributed by atoms with Crippen LogP contribution in [0.2, 0.25) is 0 Å². The van der Waals surface area contributed by atoms with Gasteiger partial charge in [0.25, 0.3) is 5.91 Å². The van der Waals surface area contributed by atoms with Gasteiger partial charge in [-0.1, -0.05) is 26.0 Å². The summed E-state index contributed by atoms with van der Waals surface area (Å²) in [7, 11) is 0. The maximum atomic E-state index is 12.2. The zero-order valence-electron chi connectivity index (χ0n) is 13.4. The van der Waals surface area contributed by atoms with Crippen molar-refractivity contribution < 1.29 is 9.53 Å². The molecule has 0 aliphatic heterocycles. The van der Waals surface area contributed by atoms with Gasteiger partial charge in [0.15, 0.2) is 0 Å². The van der Waals surface area contributed by atoms with Gasteiger partial charge in [0.05, 0.1) is 0 Å². The molecule has 0 fully saturated rings. The summed E-state index contributed by atoms with van der Waals surface area (Å²) >= 11 is 0. The summed E-state index contributed by atoms with van der Waals surface area (Å²) < 4.78 is 5.40. The fourth-order valence-electron chi connectivity index (χ4n) is 2.03. The minimum Gasteiger partial charge on any atom is -0.492 e. The SMILES string of the molecule is CC(C)c1ccc(C(=O)Nc2ccc(OCCN)cc2)cc1.Cl. The lowest BCUT2D eigenvalue weighted by molar-refractivity contribution is 0.102. The average Bonchev–Trinajstić information content (AvgIpc) is 2.54. The van der Waals surface area contributed by atoms with Crippen molar-refractivity contribution in [2.24, 2.45) is 5.73 Å². The third kappa shape index (κ3) is 5.58. The summed E-state index contributed by atoms with van der Waals surface area (Å²) in [6.07, 6.45) is 0. The number of rotatable bonds is 6. The number of ether oxygens (including phenoxy) is 1. The Morgan fingerprint density at radius 2 is 1.70 bits per heavy atom. The summed E-state index contributed by atoms with van der Waals surface area (Å²) in [5.41, 5.74) is 7.98. The van der Waals surface area contributed by atoms with Gasteiger partial charge in [-0.2, -0.15) is 0 Å². The standard InChI is InChI=1S/C18H22N2O2.ClH/c1-13(2)14-3-5-15(6-4-14)18(21)20-16-7-9-17(10-8-16)22-12-11-19;/h3-10,13H,11-12,19H2,1-2H3,(H,20,21);1H. The van der Waals surface area contributed by atoms with Crippen LogP contribution >= 0.6 is 12.4 Å². The second-order valence-corrected chi connectivity index (χ2v) is 5.39. The Morgan fingerprint density at radius 3 is 2.22 bits per heavy atom. The number of hydrogen-bond acceptors (Lipinski definition) is 3. The minimum absolute atomic E-state index is 0. The summed E-state index contributed by atoms with van der Waals surface area (Å²) in [4.78, 5) is 12.2. The second-order valence-electron chi connectivity index (χ2n) is 5.39. The Hall–Kier alpha value is -2.04. The van der Waals surface area contributed by atoms with Crippen LogP contribution in [0.1, 0.15) is 35.7 Å². The predicted molar refractivity (Wildman–Crippen MR) is 96.7 cm³/mol. The molecular formula is C18H23ClN2O2. The molecule has 1 amide bonds. The van der Waals surface area contributed by atoms with Gasteiger partial charge in [0.1, 0.15) is 12.4 Å². The van der Waals surface area contributed by atoms with Gasteiger partial charge in [0, 0.05) is 17.8 Å². The van der Waals surface area contributed by atoms with E-state index in [0.717, 1.165) is 11.4 Å². The molecule has 2 aromatic rings. The molecule has 4 nitrogen and oxygen atoms in total. The lowest BCUT2D eigenvalue weighted by Crippen LogP contribution is -2.12. The zero-order chi connectivity index (χ0) is 15.9. The number of carbonyl (C=O) groups excluding carboxylic acids is 1. The van der Waals surface area contributed by atoms with E-state index >= 15 is 0 Å². The normalized spacial score (nSPS) is 10.1. The van der Waals surface area contributed by atoms with Gasteiger partial charge >= 0.3 is 0 Å². The number of benzene rings is 2. The molecule has 0 saturated carbocycles. The number of amides is 1. The van der Waals surface area contributed by atoms with Crippen molar-refractivity contribution in [3.63, 3.8) is 0 Å². The van der Waals surface area contributed by atoms with Crippen LogP contribution in [-0.2, 0) is 0 Å². The summed E-state index contributed by atoms with van der Waals surface area (Å²) in [5, 5.41) is 2.87. The molecule has 23 heavy (non-hydrogen) atoms. The maximum Gasteiger partial charge on any atom is 0.255 e. The second kappa shape index (κ2) is 9.18. The molecule has 0 aliphatic rings. The van der Waals surface area contributed by atoms with E-state index in [9.17, 15) is 4.79 Å². The summed E-state index contributed by atoms with van der Waals surface area (Å²) in [6.45, 7) is 5.21. The van der Waals surface area contributed by atoms with E-state index in [2.05, 4.69) is 19.2 Å². The highest BCUT2D eigenvalue weighted by molar-refractivity contribution is 6.04. The van der Waals surface area contributed by atoms with Gasteiger partial charge in [-0.25, -0.2) is 0 Å². The van der Waals surface area contributed by atoms with Crippen LogP contribution in [0, 0.1) is 0 Å². The highest BCUT2D eigenvalue weighted by atomic mass is 35.5. The van der Waals surface area contributed by atoms with Crippen molar-refractivity contribution in [3.8, 4) is 5.75 Å². The quantitative estimate of drug-likeness (QED) is 0.844. The van der Waals surface area contributed by atoms with E-state index in [-0.39, 0.29) is 18.3 Å². The average molecular weight is 335 g/mol. The molecule has 124 valence electrons. The molecule has 0 aromatic heterocycles. The van der Waals surface area contributed by atoms with Crippen molar-refractivity contribution in [1.29, 1.82) is 0 Å². The van der Waals surface area contributed by atoms with E-state index in [1.54, 1.807) is 0 Å². The first-order chi connectivity index (χ1) is 10.6. The summed E-state index contributed by atoms with van der Waals surface area (Å²) in [6, 6.07) is 14.9. The van der Waals surface area contributed by atoms with Gasteiger partial charge in [-0.05, 0) is 47.9 Å². The first-order valence-corrected chi connectivity index (χ1v) is 7.44. The Labute approximate surface area is 143 Å². The third-order valence-electron chi connectivity index (χ3n) is 3.34. The van der Waals surface area contributed by atoms with Gasteiger partial charge in [-0.3, -0.25) is 4.79 Å². The Morgan fingerprint density at radius 1 is 1.09 bits per heavy atom. The van der Waals surface area contributed by atoms with Crippen molar-refractivity contribution in [3.05, 3.63) is 59.7 Å². The first-order valence-electron chi connectivity index (χ1n) is 7.44. The Balaban J connectivity index is 0.00000264. The Bertz CT molecular complexity index is 610. The number of carbonyl (C=O) groups is 1. The van der Waals surface area contributed by atoms with Crippen LogP contribution in [0.3, 0.4) is 0 Å². The largest absolute Gasteiger partial charge is 0.492 e. The molecule has 2 rings (SSSR count). The van der Waals surface area contributed by atoms with Crippen LogP contribution in [-0.4, -0.2) is 19.1 Å². The van der Waals surface area contributed by atoms with E-state index in [1.807, 2.05) is 48.5 Å². The molecule has 0 atom stereocenters. The molecule has 2 aromatic carbocycles. The fourth-order valence-corrected chi connectivity index (χ4v) is 2.03. The van der Waals surface area contributed by atoms with Gasteiger partial charge in [0.2, 0.25) is 0 Å². The van der Waals surface area contributed by atoms with Crippen molar-refractivity contribution in [2.45, 2.75) is 19.8 Å². The van der Waals surface area contributed by atoms with Crippen molar-refractivity contribution >= 4 is 24.0 Å². The molecule has 0 aliphatic carbocycles. The highest BCUT2D eigenvalue weighted by Gasteiger charge is 2.07. The topological polar surface area (TPSA) is 64.3 Å². The number of nitrogens with one attached hydrogen (secondary N) is 1. The molecule has 0 radical (unpaired) electrons. The van der Waals surface area contributed by atoms with E-state index in [0.29, 0.717) is 24.6 Å². The van der Waals surface area contributed by atoms with Crippen LogP contribution < -0.4 is 15.8 Å². The molecule has 0 unspecified atom stereocenters. The minimum atomic E-state index is -0.120. The molecule has 3 N–H and O–H groups in total.